The van der Waals surface area contributed by atoms with Crippen LogP contribution in [0.25, 0.3) is 0 Å². The molecule has 4 rings (SSSR count). The lowest BCUT2D eigenvalue weighted by Gasteiger charge is -2.15. The fourth-order valence-corrected chi connectivity index (χ4v) is 4.01. The van der Waals surface area contributed by atoms with Gasteiger partial charge in [-0.1, -0.05) is 24.3 Å². The van der Waals surface area contributed by atoms with Crippen LogP contribution in [0.5, 0.6) is 5.75 Å². The molecule has 7 nitrogen and oxygen atoms in total. The fraction of sp³-hybridized carbons (Fsp3) is 0.370. The predicted octanol–water partition coefficient (Wildman–Crippen LogP) is 4.86. The molecule has 1 saturated heterocycles. The van der Waals surface area contributed by atoms with Gasteiger partial charge in [-0.3, -0.25) is 9.69 Å². The predicted molar refractivity (Wildman–Crippen MR) is 136 cm³/mol. The minimum Gasteiger partial charge on any atom is -0.492 e. The number of carbonyl (C=O) groups excluding carboxylic acids is 1. The van der Waals surface area contributed by atoms with E-state index in [0.717, 1.165) is 55.0 Å². The lowest BCUT2D eigenvalue weighted by molar-refractivity contribution is 0.112. The van der Waals surface area contributed by atoms with Gasteiger partial charge in [-0.25, -0.2) is 4.98 Å². The third kappa shape index (κ3) is 7.02. The highest BCUT2D eigenvalue weighted by Crippen LogP contribution is 2.20. The molecule has 0 radical (unpaired) electrons. The van der Waals surface area contributed by atoms with Crippen molar-refractivity contribution in [1.29, 1.82) is 0 Å². The van der Waals surface area contributed by atoms with Gasteiger partial charge in [-0.15, -0.1) is 0 Å². The summed E-state index contributed by atoms with van der Waals surface area (Å²) in [7, 11) is 0. The fourth-order valence-electron chi connectivity index (χ4n) is 4.01. The number of aromatic nitrogens is 2. The van der Waals surface area contributed by atoms with Gasteiger partial charge in [-0.2, -0.15) is 4.98 Å². The number of benzene rings is 2. The Bertz CT molecular complexity index is 1050. The zero-order valence-electron chi connectivity index (χ0n) is 19.8. The van der Waals surface area contributed by atoms with Gasteiger partial charge in [0.1, 0.15) is 24.5 Å². The van der Waals surface area contributed by atoms with Crippen LogP contribution in [0.15, 0.2) is 54.7 Å². The van der Waals surface area contributed by atoms with Gasteiger partial charge in [0.15, 0.2) is 0 Å². The van der Waals surface area contributed by atoms with E-state index in [-0.39, 0.29) is 0 Å². The Labute approximate surface area is 201 Å². The number of hydrogen-bond donors (Lipinski definition) is 2. The van der Waals surface area contributed by atoms with Gasteiger partial charge in [0.05, 0.1) is 0 Å². The van der Waals surface area contributed by atoms with Crippen LogP contribution < -0.4 is 15.4 Å². The van der Waals surface area contributed by atoms with Gasteiger partial charge in [0.25, 0.3) is 0 Å². The summed E-state index contributed by atoms with van der Waals surface area (Å²) in [5.74, 6) is 2.26. The van der Waals surface area contributed by atoms with E-state index < -0.39 is 0 Å². The first-order chi connectivity index (χ1) is 16.7. The molecule has 3 aromatic rings. The number of likely N-dealkylation sites (tertiary alicyclic amines) is 1. The Morgan fingerprint density at radius 2 is 1.82 bits per heavy atom. The molecule has 1 aromatic heterocycles. The molecule has 0 saturated carbocycles. The molecule has 1 fully saturated rings. The maximum absolute atomic E-state index is 10.8. The van der Waals surface area contributed by atoms with Crippen LogP contribution in [0, 0.1) is 6.92 Å². The van der Waals surface area contributed by atoms with Gasteiger partial charge < -0.3 is 15.4 Å². The Morgan fingerprint density at radius 1 is 1.06 bits per heavy atom. The zero-order valence-corrected chi connectivity index (χ0v) is 19.8. The second-order valence-electron chi connectivity index (χ2n) is 8.66. The molecule has 2 N–H and O–H groups in total. The average Bonchev–Trinajstić information content (AvgIpc) is 3.39. The van der Waals surface area contributed by atoms with E-state index in [1.54, 1.807) is 0 Å². The number of rotatable bonds is 12. The summed E-state index contributed by atoms with van der Waals surface area (Å²) in [5, 5.41) is 6.69. The van der Waals surface area contributed by atoms with E-state index in [4.69, 9.17) is 4.74 Å². The minimum absolute atomic E-state index is 0.556. The van der Waals surface area contributed by atoms with Crippen LogP contribution in [-0.4, -0.2) is 53.9 Å². The smallest absolute Gasteiger partial charge is 0.229 e. The Hall–Kier alpha value is -3.45. The molecule has 1 aliphatic rings. The maximum atomic E-state index is 10.8. The van der Waals surface area contributed by atoms with Gasteiger partial charge in [-0.05, 0) is 75.5 Å². The first-order valence-electron chi connectivity index (χ1n) is 12.0. The standard InChI is InChI=1S/C27H33N5O2/c1-21-19-29-27(31-26(21)28-14-4-5-22-6-8-23(20-33)9-7-22)30-24-10-12-25(13-11-24)34-18-17-32-15-2-3-16-32/h6-13,19-20H,2-5,14-18H2,1H3,(H2,28,29,30,31). The molecule has 0 atom stereocenters. The third-order valence-corrected chi connectivity index (χ3v) is 6.01. The van der Waals surface area contributed by atoms with Crippen molar-refractivity contribution in [1.82, 2.24) is 14.9 Å². The van der Waals surface area contributed by atoms with Crippen molar-refractivity contribution in [3.63, 3.8) is 0 Å². The van der Waals surface area contributed by atoms with Crippen LogP contribution in [0.4, 0.5) is 17.5 Å². The zero-order chi connectivity index (χ0) is 23.6. The number of carbonyl (C=O) groups is 1. The van der Waals surface area contributed by atoms with E-state index in [0.29, 0.717) is 18.1 Å². The Kier molecular flexibility index (Phi) is 8.46. The van der Waals surface area contributed by atoms with E-state index in [1.807, 2.05) is 61.7 Å². The topological polar surface area (TPSA) is 79.4 Å². The summed E-state index contributed by atoms with van der Waals surface area (Å²) >= 11 is 0. The van der Waals surface area contributed by atoms with Crippen molar-refractivity contribution < 1.29 is 9.53 Å². The van der Waals surface area contributed by atoms with Crippen molar-refractivity contribution in [2.75, 3.05) is 43.4 Å². The molecule has 0 unspecified atom stereocenters. The monoisotopic (exact) mass is 459 g/mol. The largest absolute Gasteiger partial charge is 0.492 e. The van der Waals surface area contributed by atoms with Crippen LogP contribution in [0.2, 0.25) is 0 Å². The molecule has 0 spiro atoms. The molecule has 1 aliphatic heterocycles. The minimum atomic E-state index is 0.556. The number of nitrogens with one attached hydrogen (secondary N) is 2. The van der Waals surface area contributed by atoms with E-state index in [2.05, 4.69) is 25.5 Å². The molecular weight excluding hydrogens is 426 g/mol. The summed E-state index contributed by atoms with van der Waals surface area (Å²) < 4.78 is 5.88. The first kappa shape index (κ1) is 23.7. The summed E-state index contributed by atoms with van der Waals surface area (Å²) in [6, 6.07) is 15.6. The van der Waals surface area contributed by atoms with E-state index in [9.17, 15) is 4.79 Å². The Morgan fingerprint density at radius 3 is 2.56 bits per heavy atom. The van der Waals surface area contributed by atoms with Gasteiger partial charge in [0, 0.05) is 36.1 Å². The molecule has 7 heteroatoms. The molecule has 0 aliphatic carbocycles. The maximum Gasteiger partial charge on any atom is 0.229 e. The van der Waals surface area contributed by atoms with Crippen molar-refractivity contribution in [2.24, 2.45) is 0 Å². The number of anilines is 3. The summed E-state index contributed by atoms with van der Waals surface area (Å²) in [6.07, 6.45) is 7.20. The van der Waals surface area contributed by atoms with Crippen LogP contribution in [0.3, 0.4) is 0 Å². The SMILES string of the molecule is Cc1cnc(Nc2ccc(OCCN3CCCC3)cc2)nc1NCCCc1ccc(C=O)cc1. The number of nitrogens with zero attached hydrogens (tertiary/aromatic N) is 3. The lowest BCUT2D eigenvalue weighted by Crippen LogP contribution is -2.25. The average molecular weight is 460 g/mol. The highest BCUT2D eigenvalue weighted by atomic mass is 16.5. The number of ether oxygens (including phenoxy) is 1. The highest BCUT2D eigenvalue weighted by molar-refractivity contribution is 5.74. The number of hydrogen-bond acceptors (Lipinski definition) is 7. The van der Waals surface area contributed by atoms with E-state index in [1.165, 1.54) is 31.5 Å². The second kappa shape index (κ2) is 12.1. The van der Waals surface area contributed by atoms with Crippen molar-refractivity contribution in [3.05, 3.63) is 71.4 Å². The van der Waals surface area contributed by atoms with E-state index >= 15 is 0 Å². The van der Waals surface area contributed by atoms with Crippen LogP contribution in [0.1, 0.15) is 40.7 Å². The summed E-state index contributed by atoms with van der Waals surface area (Å²) in [5.41, 5.74) is 3.85. The van der Waals surface area contributed by atoms with Crippen molar-refractivity contribution in [3.8, 4) is 5.75 Å². The number of aldehydes is 1. The molecule has 178 valence electrons. The summed E-state index contributed by atoms with van der Waals surface area (Å²) in [6.45, 7) is 6.88. The molecule has 2 heterocycles. The van der Waals surface area contributed by atoms with Crippen LogP contribution in [-0.2, 0) is 6.42 Å². The molecule has 0 amide bonds. The third-order valence-electron chi connectivity index (χ3n) is 6.01. The number of aryl methyl sites for hydroxylation is 2. The molecular formula is C27H33N5O2. The lowest BCUT2D eigenvalue weighted by atomic mass is 10.1. The molecule has 0 bridgehead atoms. The second-order valence-corrected chi connectivity index (χ2v) is 8.66. The quantitative estimate of drug-likeness (QED) is 0.296. The first-order valence-corrected chi connectivity index (χ1v) is 12.0. The van der Waals surface area contributed by atoms with Gasteiger partial charge >= 0.3 is 0 Å². The normalized spacial score (nSPS) is 13.6. The van der Waals surface area contributed by atoms with Crippen molar-refractivity contribution >= 4 is 23.7 Å². The summed E-state index contributed by atoms with van der Waals surface area (Å²) in [4.78, 5) is 22.3. The van der Waals surface area contributed by atoms with Crippen molar-refractivity contribution in [2.45, 2.75) is 32.6 Å². The molecule has 2 aromatic carbocycles. The van der Waals surface area contributed by atoms with Gasteiger partial charge in [0.2, 0.25) is 5.95 Å². The Balaban J connectivity index is 1.23. The molecule has 34 heavy (non-hydrogen) atoms. The highest BCUT2D eigenvalue weighted by Gasteiger charge is 2.11. The van der Waals surface area contributed by atoms with Crippen LogP contribution >= 0.6 is 0 Å².